The molecule has 0 bridgehead atoms. The van der Waals surface area contributed by atoms with Gasteiger partial charge in [-0.3, -0.25) is 19.8 Å². The van der Waals surface area contributed by atoms with Crippen molar-refractivity contribution in [1.82, 2.24) is 16.0 Å². The Bertz CT molecular complexity index is 511. The molecular weight excluding hydrogens is 336 g/mol. The number of nitrogens with one attached hydrogen (secondary N) is 4. The molecule has 0 aromatic carbocycles. The first-order valence-corrected chi connectivity index (χ1v) is 7.49. The zero-order valence-electron chi connectivity index (χ0n) is 13.6. The Balaban J connectivity index is 4.75. The third-order valence-electron chi connectivity index (χ3n) is 3.08. The molecule has 2 amide bonds. The van der Waals surface area contributed by atoms with Crippen molar-refractivity contribution in [2.45, 2.75) is 37.8 Å². The van der Waals surface area contributed by atoms with Crippen LogP contribution in [0.5, 0.6) is 0 Å². The number of amides is 2. The number of nitrogens with two attached hydrogens (primary N) is 2. The van der Waals surface area contributed by atoms with Gasteiger partial charge in [-0.2, -0.15) is 0 Å². The van der Waals surface area contributed by atoms with Gasteiger partial charge in [0.1, 0.15) is 12.1 Å². The lowest BCUT2D eigenvalue weighted by molar-refractivity contribution is -0.143. The Morgan fingerprint density at radius 2 is 1.68 bits per heavy atom. The Morgan fingerprint density at radius 1 is 1.04 bits per heavy atom. The van der Waals surface area contributed by atoms with Crippen molar-refractivity contribution in [3.63, 3.8) is 0 Å². The minimum Gasteiger partial charge on any atom is -0.481 e. The maximum Gasteiger partial charge on any atom is 0.326 e. The first-order valence-electron chi connectivity index (χ1n) is 7.49. The molecule has 12 heteroatoms. The van der Waals surface area contributed by atoms with Crippen LogP contribution in [0.3, 0.4) is 0 Å². The summed E-state index contributed by atoms with van der Waals surface area (Å²) >= 11 is 0. The summed E-state index contributed by atoms with van der Waals surface area (Å²) in [6, 6.07) is -2.44. The number of carbonyl (C=O) groups is 4. The van der Waals surface area contributed by atoms with Crippen molar-refractivity contribution in [3.8, 4) is 0 Å². The van der Waals surface area contributed by atoms with Gasteiger partial charge in [0.25, 0.3) is 0 Å². The fourth-order valence-corrected chi connectivity index (χ4v) is 1.85. The van der Waals surface area contributed by atoms with Crippen LogP contribution in [0.15, 0.2) is 0 Å². The molecule has 0 fully saturated rings. The highest BCUT2D eigenvalue weighted by Crippen LogP contribution is 2.02. The molecule has 0 aromatic heterocycles. The fourth-order valence-electron chi connectivity index (χ4n) is 1.85. The molecule has 0 aromatic rings. The highest BCUT2D eigenvalue weighted by molar-refractivity contribution is 5.91. The monoisotopic (exact) mass is 360 g/mol. The number of guanidine groups is 1. The summed E-state index contributed by atoms with van der Waals surface area (Å²) in [5, 5.41) is 31.9. The van der Waals surface area contributed by atoms with E-state index in [-0.39, 0.29) is 31.8 Å². The number of carboxylic acid groups (broad SMARTS) is 2. The average Bonchev–Trinajstić information content (AvgIpc) is 2.52. The van der Waals surface area contributed by atoms with E-state index in [0.29, 0.717) is 6.42 Å². The molecule has 0 saturated carbocycles. The van der Waals surface area contributed by atoms with Gasteiger partial charge < -0.3 is 37.6 Å². The molecule has 0 unspecified atom stereocenters. The second kappa shape index (κ2) is 11.6. The molecule has 10 N–H and O–H groups in total. The van der Waals surface area contributed by atoms with Gasteiger partial charge in [-0.1, -0.05) is 0 Å². The van der Waals surface area contributed by atoms with E-state index in [4.69, 9.17) is 27.1 Å². The molecule has 25 heavy (non-hydrogen) atoms. The highest BCUT2D eigenvalue weighted by atomic mass is 16.4. The van der Waals surface area contributed by atoms with Gasteiger partial charge >= 0.3 is 11.9 Å². The molecule has 0 saturated heterocycles. The Morgan fingerprint density at radius 3 is 2.16 bits per heavy atom. The number of carbonyl (C=O) groups excluding carboxylic acids is 2. The van der Waals surface area contributed by atoms with E-state index >= 15 is 0 Å². The van der Waals surface area contributed by atoms with Gasteiger partial charge in [-0.25, -0.2) is 4.79 Å². The number of hydrogen-bond donors (Lipinski definition) is 8. The van der Waals surface area contributed by atoms with E-state index in [1.165, 1.54) is 0 Å². The second-order valence-corrected chi connectivity index (χ2v) is 5.14. The second-order valence-electron chi connectivity index (χ2n) is 5.14. The van der Waals surface area contributed by atoms with E-state index in [1.54, 1.807) is 0 Å². The molecule has 0 spiro atoms. The third kappa shape index (κ3) is 10.5. The van der Waals surface area contributed by atoms with Crippen LogP contribution >= 0.6 is 0 Å². The maximum absolute atomic E-state index is 12.2. The van der Waals surface area contributed by atoms with Crippen LogP contribution in [-0.2, 0) is 19.2 Å². The minimum absolute atomic E-state index is 0.0534. The van der Waals surface area contributed by atoms with Crippen LogP contribution in [0, 0.1) is 5.41 Å². The third-order valence-corrected chi connectivity index (χ3v) is 3.08. The summed E-state index contributed by atoms with van der Waals surface area (Å²) in [7, 11) is 0. The molecule has 0 aliphatic carbocycles. The Hall–Kier alpha value is -2.89. The fraction of sp³-hybridized carbons (Fsp3) is 0.615. The lowest BCUT2D eigenvalue weighted by Gasteiger charge is -2.21. The average molecular weight is 360 g/mol. The first-order chi connectivity index (χ1) is 11.7. The van der Waals surface area contributed by atoms with Crippen molar-refractivity contribution in [2.75, 3.05) is 13.1 Å². The van der Waals surface area contributed by atoms with E-state index in [9.17, 15) is 19.2 Å². The summed E-state index contributed by atoms with van der Waals surface area (Å²) in [6.07, 6.45) is -0.224. The van der Waals surface area contributed by atoms with E-state index in [2.05, 4.69) is 16.0 Å². The van der Waals surface area contributed by atoms with Gasteiger partial charge in [-0.05, 0) is 19.3 Å². The van der Waals surface area contributed by atoms with Crippen molar-refractivity contribution in [3.05, 3.63) is 0 Å². The molecular formula is C13H24N6O6. The van der Waals surface area contributed by atoms with Gasteiger partial charge in [0.05, 0.1) is 6.54 Å². The number of rotatable bonds is 12. The molecule has 0 aliphatic heterocycles. The lowest BCUT2D eigenvalue weighted by atomic mass is 10.1. The molecule has 12 nitrogen and oxygen atoms in total. The van der Waals surface area contributed by atoms with E-state index in [1.807, 2.05) is 0 Å². The minimum atomic E-state index is -1.28. The van der Waals surface area contributed by atoms with Crippen LogP contribution in [0.25, 0.3) is 0 Å². The first kappa shape index (κ1) is 22.1. The summed E-state index contributed by atoms with van der Waals surface area (Å²) in [4.78, 5) is 45.4. The topological polar surface area (TPSA) is 221 Å². The molecule has 0 heterocycles. The molecule has 0 aliphatic rings. The Labute approximate surface area is 143 Å². The van der Waals surface area contributed by atoms with Crippen molar-refractivity contribution < 1.29 is 29.4 Å². The number of carboxylic acids is 2. The maximum atomic E-state index is 12.2. The molecule has 2 atom stereocenters. The van der Waals surface area contributed by atoms with Crippen LogP contribution in [-0.4, -0.2) is 65.1 Å². The lowest BCUT2D eigenvalue weighted by Crippen LogP contribution is -2.52. The van der Waals surface area contributed by atoms with Crippen molar-refractivity contribution in [1.29, 1.82) is 5.41 Å². The molecule has 0 radical (unpaired) electrons. The van der Waals surface area contributed by atoms with Gasteiger partial charge in [0, 0.05) is 13.0 Å². The SMILES string of the molecule is N=C(N)NCCC[C@H](NC(=O)[C@H](CCC(=O)O)NC(=O)CN)C(=O)O. The zero-order chi connectivity index (χ0) is 19.4. The zero-order valence-corrected chi connectivity index (χ0v) is 13.6. The Kier molecular flexibility index (Phi) is 10.3. The normalized spacial score (nSPS) is 12.5. The largest absolute Gasteiger partial charge is 0.481 e. The molecule has 0 rings (SSSR count). The summed E-state index contributed by atoms with van der Waals surface area (Å²) in [5.41, 5.74) is 10.2. The van der Waals surface area contributed by atoms with Gasteiger partial charge in [0.15, 0.2) is 5.96 Å². The summed E-state index contributed by atoms with van der Waals surface area (Å²) < 4.78 is 0. The van der Waals surface area contributed by atoms with Crippen LogP contribution < -0.4 is 27.4 Å². The highest BCUT2D eigenvalue weighted by Gasteiger charge is 2.26. The van der Waals surface area contributed by atoms with Crippen molar-refractivity contribution >= 4 is 29.7 Å². The van der Waals surface area contributed by atoms with Crippen molar-refractivity contribution in [2.24, 2.45) is 11.5 Å². The predicted octanol–water partition coefficient (Wildman–Crippen LogP) is -2.87. The summed E-state index contributed by atoms with van der Waals surface area (Å²) in [5.74, 6) is -4.17. The standard InChI is InChI=1S/C13H24N6O6/c14-6-9(20)18-7(3-4-10(21)22)11(23)19-8(12(24)25)2-1-5-17-13(15)16/h7-8H,1-6,14H2,(H,18,20)(H,19,23)(H,21,22)(H,24,25)(H4,15,16,17)/t7-,8-/m0/s1. The number of aliphatic carboxylic acids is 2. The smallest absolute Gasteiger partial charge is 0.326 e. The van der Waals surface area contributed by atoms with E-state index in [0.717, 1.165) is 0 Å². The summed E-state index contributed by atoms with van der Waals surface area (Å²) in [6.45, 7) is -0.142. The van der Waals surface area contributed by atoms with Crippen LogP contribution in [0.1, 0.15) is 25.7 Å². The van der Waals surface area contributed by atoms with Crippen LogP contribution in [0.4, 0.5) is 0 Å². The van der Waals surface area contributed by atoms with E-state index < -0.39 is 42.4 Å². The van der Waals surface area contributed by atoms with Gasteiger partial charge in [0.2, 0.25) is 11.8 Å². The molecule has 142 valence electrons. The number of hydrogen-bond acceptors (Lipinski definition) is 6. The quantitative estimate of drug-likeness (QED) is 0.102. The van der Waals surface area contributed by atoms with Crippen LogP contribution in [0.2, 0.25) is 0 Å². The van der Waals surface area contributed by atoms with Gasteiger partial charge in [-0.15, -0.1) is 0 Å². The predicted molar refractivity (Wildman–Crippen MR) is 86.6 cm³/mol.